The zero-order valence-corrected chi connectivity index (χ0v) is 16.7. The lowest BCUT2D eigenvalue weighted by molar-refractivity contribution is 0.234. The predicted molar refractivity (Wildman–Crippen MR) is 110 cm³/mol. The molecular weight excluding hydrogens is 350 g/mol. The van der Waals surface area contributed by atoms with Crippen molar-refractivity contribution in [2.45, 2.75) is 52.5 Å². The smallest absolute Gasteiger partial charge is 0.216 e. The molecule has 0 aromatic heterocycles. The van der Waals surface area contributed by atoms with Crippen molar-refractivity contribution in [3.05, 3.63) is 22.4 Å². The van der Waals surface area contributed by atoms with Gasteiger partial charge >= 0.3 is 0 Å². The Labute approximate surface area is 161 Å². The van der Waals surface area contributed by atoms with Gasteiger partial charge in [-0.15, -0.1) is 0 Å². The van der Waals surface area contributed by atoms with Gasteiger partial charge in [-0.05, 0) is 31.4 Å². The van der Waals surface area contributed by atoms with Crippen LogP contribution in [0.2, 0.25) is 0 Å². The number of fused-ring (bicyclic) bond motifs is 1. The van der Waals surface area contributed by atoms with Gasteiger partial charge in [0.25, 0.3) is 0 Å². The van der Waals surface area contributed by atoms with E-state index in [4.69, 9.17) is 17.3 Å². The van der Waals surface area contributed by atoms with E-state index in [0.717, 1.165) is 36.2 Å². The quantitative estimate of drug-likeness (QED) is 0.566. The molecule has 144 valence electrons. The molecular formula is C19H30ClN5O. The second-order valence-electron chi connectivity index (χ2n) is 7.22. The maximum atomic E-state index is 9.38. The Morgan fingerprint density at radius 2 is 2.27 bits per heavy atom. The van der Waals surface area contributed by atoms with E-state index in [1.807, 2.05) is 19.2 Å². The second-order valence-corrected chi connectivity index (χ2v) is 7.70. The molecule has 2 heterocycles. The molecule has 0 amide bonds. The lowest BCUT2D eigenvalue weighted by Crippen LogP contribution is -2.26. The lowest BCUT2D eigenvalue weighted by atomic mass is 9.83. The van der Waals surface area contributed by atoms with E-state index in [9.17, 15) is 5.11 Å². The number of aliphatic hydroxyl groups excluding tert-OH is 1. The molecule has 0 aromatic rings. The molecule has 0 spiro atoms. The van der Waals surface area contributed by atoms with Crippen molar-refractivity contribution in [2.24, 2.45) is 26.1 Å². The summed E-state index contributed by atoms with van der Waals surface area (Å²) >= 11 is 6.22. The Hall–Kier alpha value is -1.66. The Kier molecular flexibility index (Phi) is 7.41. The summed E-state index contributed by atoms with van der Waals surface area (Å²) in [4.78, 5) is 13.5. The number of aliphatic hydroxyl groups is 1. The fraction of sp³-hybridized carbons (Fsp3) is 0.632. The third kappa shape index (κ3) is 5.42. The van der Waals surface area contributed by atoms with Crippen molar-refractivity contribution in [1.82, 2.24) is 5.32 Å². The van der Waals surface area contributed by atoms with Gasteiger partial charge in [-0.1, -0.05) is 38.3 Å². The van der Waals surface area contributed by atoms with Gasteiger partial charge in [0.15, 0.2) is 0 Å². The van der Waals surface area contributed by atoms with Crippen LogP contribution in [0.1, 0.15) is 46.5 Å². The molecule has 2 aliphatic heterocycles. The Bertz CT molecular complexity index is 665. The molecule has 6 nitrogen and oxygen atoms in total. The second kappa shape index (κ2) is 9.33. The average Bonchev–Trinajstić information content (AvgIpc) is 2.78. The van der Waals surface area contributed by atoms with Gasteiger partial charge in [0.05, 0.1) is 30.5 Å². The van der Waals surface area contributed by atoms with Gasteiger partial charge in [0, 0.05) is 23.3 Å². The number of guanidine groups is 1. The maximum absolute atomic E-state index is 9.38. The molecule has 0 saturated heterocycles. The lowest BCUT2D eigenvalue weighted by Gasteiger charge is -2.24. The van der Waals surface area contributed by atoms with Gasteiger partial charge < -0.3 is 16.2 Å². The van der Waals surface area contributed by atoms with E-state index >= 15 is 0 Å². The molecule has 0 radical (unpaired) electrons. The van der Waals surface area contributed by atoms with E-state index in [-0.39, 0.29) is 24.0 Å². The largest absolute Gasteiger partial charge is 0.396 e. The summed E-state index contributed by atoms with van der Waals surface area (Å²) in [6, 6.07) is -0.193. The molecule has 2 aliphatic rings. The predicted octanol–water partition coefficient (Wildman–Crippen LogP) is 2.77. The summed E-state index contributed by atoms with van der Waals surface area (Å²) in [6.45, 7) is 7.43. The van der Waals surface area contributed by atoms with Crippen LogP contribution in [0.25, 0.3) is 0 Å². The molecule has 4 N–H and O–H groups in total. The van der Waals surface area contributed by atoms with E-state index < -0.39 is 0 Å². The minimum atomic E-state index is -0.193. The highest BCUT2D eigenvalue weighted by Crippen LogP contribution is 2.26. The van der Waals surface area contributed by atoms with Gasteiger partial charge in [-0.25, -0.2) is 9.98 Å². The van der Waals surface area contributed by atoms with E-state index in [1.165, 1.54) is 0 Å². The molecule has 2 rings (SSSR count). The zero-order valence-electron chi connectivity index (χ0n) is 15.9. The van der Waals surface area contributed by atoms with Crippen molar-refractivity contribution in [1.29, 1.82) is 0 Å². The van der Waals surface area contributed by atoms with E-state index in [1.54, 1.807) is 0 Å². The highest BCUT2D eigenvalue weighted by Gasteiger charge is 2.24. The highest BCUT2D eigenvalue weighted by molar-refractivity contribution is 6.30. The van der Waals surface area contributed by atoms with Crippen molar-refractivity contribution < 1.29 is 5.11 Å². The minimum absolute atomic E-state index is 0.108. The standard InChI is InChI=1S/C19H30ClN5O/c1-4-5-6-19(3,7-8-26)12-22-11-16-17-13(2)15(24-18(21)25-16)9-14(20)10-23-17/h9,12,15,23,26H,4-8,10-11H2,1-3H3,(H2,21,24)/t15?,19-/m1/s1. The summed E-state index contributed by atoms with van der Waals surface area (Å²) in [7, 11) is 0. The molecule has 0 fully saturated rings. The summed E-state index contributed by atoms with van der Waals surface area (Å²) in [5.41, 5.74) is 8.58. The third-order valence-electron chi connectivity index (χ3n) is 4.85. The van der Waals surface area contributed by atoms with Crippen molar-refractivity contribution in [3.63, 3.8) is 0 Å². The fourth-order valence-corrected chi connectivity index (χ4v) is 3.39. The van der Waals surface area contributed by atoms with E-state index in [0.29, 0.717) is 24.5 Å². The zero-order chi connectivity index (χ0) is 19.2. The van der Waals surface area contributed by atoms with Gasteiger partial charge in [0.1, 0.15) is 0 Å². The summed E-state index contributed by atoms with van der Waals surface area (Å²) in [5, 5.41) is 13.4. The van der Waals surface area contributed by atoms with Crippen LogP contribution >= 0.6 is 11.6 Å². The minimum Gasteiger partial charge on any atom is -0.396 e. The third-order valence-corrected chi connectivity index (χ3v) is 5.11. The first-order valence-corrected chi connectivity index (χ1v) is 9.60. The van der Waals surface area contributed by atoms with Crippen LogP contribution in [0, 0.1) is 5.41 Å². The maximum Gasteiger partial charge on any atom is 0.216 e. The highest BCUT2D eigenvalue weighted by atomic mass is 35.5. The number of rotatable bonds is 8. The average molecular weight is 380 g/mol. The number of nitrogens with zero attached hydrogens (tertiary/aromatic N) is 3. The first-order chi connectivity index (χ1) is 12.4. The Balaban J connectivity index is 2.19. The number of aliphatic imine (C=N–C) groups is 3. The SMILES string of the molecule is CCCC[C@@](C)(C=NCC1=NC(N)=NC2C=C(Cl)CNC1=C2C)CCO. The molecule has 2 atom stereocenters. The van der Waals surface area contributed by atoms with Crippen LogP contribution in [-0.2, 0) is 0 Å². The summed E-state index contributed by atoms with van der Waals surface area (Å²) in [5.74, 6) is 0.239. The normalized spacial score (nSPS) is 22.8. The molecule has 0 aliphatic carbocycles. The van der Waals surface area contributed by atoms with E-state index in [2.05, 4.69) is 34.1 Å². The van der Waals surface area contributed by atoms with Crippen molar-refractivity contribution >= 4 is 29.5 Å². The van der Waals surface area contributed by atoms with Crippen LogP contribution in [0.3, 0.4) is 0 Å². The van der Waals surface area contributed by atoms with Crippen LogP contribution < -0.4 is 11.1 Å². The molecule has 7 heteroatoms. The topological polar surface area (TPSA) is 95.4 Å². The van der Waals surface area contributed by atoms with Crippen molar-refractivity contribution in [2.75, 3.05) is 19.7 Å². The monoisotopic (exact) mass is 379 g/mol. The number of nitrogens with two attached hydrogens (primary N) is 1. The van der Waals surface area contributed by atoms with Crippen LogP contribution in [-0.4, -0.2) is 48.7 Å². The number of nitrogens with one attached hydrogen (secondary N) is 1. The number of unbranched alkanes of at least 4 members (excludes halogenated alkanes) is 1. The number of hydrogen-bond donors (Lipinski definition) is 3. The fourth-order valence-electron chi connectivity index (χ4n) is 3.20. The first kappa shape index (κ1) is 20.6. The Morgan fingerprint density at radius 1 is 1.50 bits per heavy atom. The van der Waals surface area contributed by atoms with Crippen molar-refractivity contribution in [3.8, 4) is 0 Å². The van der Waals surface area contributed by atoms with Gasteiger partial charge in [0.2, 0.25) is 5.96 Å². The summed E-state index contributed by atoms with van der Waals surface area (Å²) < 4.78 is 0. The van der Waals surface area contributed by atoms with Crippen LogP contribution in [0.15, 0.2) is 37.4 Å². The first-order valence-electron chi connectivity index (χ1n) is 9.22. The van der Waals surface area contributed by atoms with Crippen LogP contribution in [0.5, 0.6) is 0 Å². The number of halogens is 1. The molecule has 26 heavy (non-hydrogen) atoms. The number of hydrogen-bond acceptors (Lipinski definition) is 6. The molecule has 0 saturated carbocycles. The Morgan fingerprint density at radius 3 is 2.96 bits per heavy atom. The van der Waals surface area contributed by atoms with Crippen LogP contribution in [0.4, 0.5) is 0 Å². The molecule has 1 unspecified atom stereocenters. The van der Waals surface area contributed by atoms with Gasteiger partial charge in [-0.2, -0.15) is 0 Å². The molecule has 0 aromatic carbocycles. The summed E-state index contributed by atoms with van der Waals surface area (Å²) in [6.07, 6.45) is 7.81. The molecule has 2 bridgehead atoms. The van der Waals surface area contributed by atoms with Gasteiger partial charge in [-0.3, -0.25) is 4.99 Å².